The smallest absolute Gasteiger partial charge is 0.0960 e. The van der Waals surface area contributed by atoms with Gasteiger partial charge in [0.15, 0.2) is 0 Å². The van der Waals surface area contributed by atoms with Gasteiger partial charge >= 0.3 is 0 Å². The quantitative estimate of drug-likeness (QED) is 0.542. The molecule has 1 aromatic rings. The first-order valence-electron chi connectivity index (χ1n) is 6.15. The van der Waals surface area contributed by atoms with Crippen molar-refractivity contribution in [1.29, 1.82) is 0 Å². The van der Waals surface area contributed by atoms with Crippen LogP contribution in [0.2, 0.25) is 0 Å². The van der Waals surface area contributed by atoms with Crippen LogP contribution in [-0.4, -0.2) is 36.5 Å². The molecule has 17 heavy (non-hydrogen) atoms. The molecule has 4 heteroatoms. The number of ether oxygens (including phenoxy) is 1. The molecule has 0 aliphatic carbocycles. The second-order valence-corrected chi connectivity index (χ2v) is 5.15. The maximum atomic E-state index is 5.46. The van der Waals surface area contributed by atoms with Crippen molar-refractivity contribution in [2.24, 2.45) is 0 Å². The van der Waals surface area contributed by atoms with Crippen molar-refractivity contribution in [3.8, 4) is 0 Å². The number of aromatic nitrogens is 1. The van der Waals surface area contributed by atoms with Crippen molar-refractivity contribution in [3.05, 3.63) is 24.4 Å². The van der Waals surface area contributed by atoms with Crippen LogP contribution in [0.1, 0.15) is 20.3 Å². The van der Waals surface area contributed by atoms with Gasteiger partial charge in [-0.2, -0.15) is 0 Å². The fourth-order valence-electron chi connectivity index (χ4n) is 1.30. The normalized spacial score (nSPS) is 11.0. The molecule has 0 saturated carbocycles. The maximum absolute atomic E-state index is 5.46. The average molecular weight is 254 g/mol. The topological polar surface area (TPSA) is 34.1 Å². The predicted octanol–water partition coefficient (Wildman–Crippen LogP) is 2.58. The van der Waals surface area contributed by atoms with E-state index in [0.29, 0.717) is 6.10 Å². The summed E-state index contributed by atoms with van der Waals surface area (Å²) in [5.41, 5.74) is 0. The fraction of sp³-hybridized carbons (Fsp3) is 0.615. The van der Waals surface area contributed by atoms with Gasteiger partial charge in [-0.15, -0.1) is 11.8 Å². The van der Waals surface area contributed by atoms with Gasteiger partial charge in [-0.05, 0) is 38.9 Å². The second kappa shape index (κ2) is 9.45. The third-order valence-corrected chi connectivity index (χ3v) is 3.06. The molecule has 0 bridgehead atoms. The van der Waals surface area contributed by atoms with Crippen LogP contribution in [0.4, 0.5) is 0 Å². The molecule has 0 saturated heterocycles. The standard InChI is InChI=1S/C13H22N2OS/c1-12(2)16-10-5-7-14-9-11-17-13-6-3-4-8-15-13/h3-4,6,8,12,14H,5,7,9-11H2,1-2H3. The lowest BCUT2D eigenvalue weighted by atomic mass is 10.4. The van der Waals surface area contributed by atoms with Crippen molar-refractivity contribution in [1.82, 2.24) is 10.3 Å². The first kappa shape index (κ1) is 14.5. The first-order valence-corrected chi connectivity index (χ1v) is 7.14. The van der Waals surface area contributed by atoms with E-state index in [2.05, 4.69) is 24.1 Å². The number of hydrogen-bond donors (Lipinski definition) is 1. The summed E-state index contributed by atoms with van der Waals surface area (Å²) in [5, 5.41) is 4.50. The lowest BCUT2D eigenvalue weighted by Crippen LogP contribution is -2.20. The van der Waals surface area contributed by atoms with E-state index in [4.69, 9.17) is 4.74 Å². The highest BCUT2D eigenvalue weighted by molar-refractivity contribution is 7.99. The molecule has 3 nitrogen and oxygen atoms in total. The van der Waals surface area contributed by atoms with E-state index in [1.807, 2.05) is 24.4 Å². The number of hydrogen-bond acceptors (Lipinski definition) is 4. The zero-order valence-corrected chi connectivity index (χ0v) is 11.5. The molecule has 1 N–H and O–H groups in total. The zero-order valence-electron chi connectivity index (χ0n) is 10.7. The van der Waals surface area contributed by atoms with E-state index < -0.39 is 0 Å². The molecule has 0 unspecified atom stereocenters. The van der Waals surface area contributed by atoms with E-state index in [0.717, 1.165) is 36.9 Å². The summed E-state index contributed by atoms with van der Waals surface area (Å²) in [6.07, 6.45) is 3.25. The first-order chi connectivity index (χ1) is 8.29. The van der Waals surface area contributed by atoms with E-state index in [9.17, 15) is 0 Å². The highest BCUT2D eigenvalue weighted by atomic mass is 32.2. The van der Waals surface area contributed by atoms with Gasteiger partial charge < -0.3 is 10.1 Å². The van der Waals surface area contributed by atoms with Crippen LogP contribution < -0.4 is 5.32 Å². The highest BCUT2D eigenvalue weighted by Gasteiger charge is 1.95. The van der Waals surface area contributed by atoms with Gasteiger partial charge in [0.05, 0.1) is 11.1 Å². The van der Waals surface area contributed by atoms with E-state index in [1.54, 1.807) is 11.8 Å². The highest BCUT2D eigenvalue weighted by Crippen LogP contribution is 2.12. The molecule has 0 radical (unpaired) electrons. The van der Waals surface area contributed by atoms with Gasteiger partial charge in [0.2, 0.25) is 0 Å². The SMILES string of the molecule is CC(C)OCCCNCCSc1ccccn1. The van der Waals surface area contributed by atoms with E-state index in [1.165, 1.54) is 0 Å². The van der Waals surface area contributed by atoms with Crippen LogP contribution >= 0.6 is 11.8 Å². The van der Waals surface area contributed by atoms with Crippen LogP contribution in [0.5, 0.6) is 0 Å². The van der Waals surface area contributed by atoms with Gasteiger partial charge in [-0.25, -0.2) is 4.98 Å². The van der Waals surface area contributed by atoms with Crippen molar-refractivity contribution in [2.75, 3.05) is 25.4 Å². The predicted molar refractivity (Wildman–Crippen MR) is 73.5 cm³/mol. The van der Waals surface area contributed by atoms with E-state index in [-0.39, 0.29) is 0 Å². The summed E-state index contributed by atoms with van der Waals surface area (Å²) in [6.45, 7) is 7.02. The number of nitrogens with zero attached hydrogens (tertiary/aromatic N) is 1. The summed E-state index contributed by atoms with van der Waals surface area (Å²) < 4.78 is 5.46. The summed E-state index contributed by atoms with van der Waals surface area (Å²) in [4.78, 5) is 4.26. The van der Waals surface area contributed by atoms with Gasteiger partial charge in [-0.3, -0.25) is 0 Å². The largest absolute Gasteiger partial charge is 0.379 e. The van der Waals surface area contributed by atoms with Gasteiger partial charge in [-0.1, -0.05) is 6.07 Å². The third kappa shape index (κ3) is 8.18. The zero-order chi connectivity index (χ0) is 12.3. The molecule has 0 fully saturated rings. The minimum atomic E-state index is 0.342. The molecule has 0 aliphatic heterocycles. The summed E-state index contributed by atoms with van der Waals surface area (Å²) in [5.74, 6) is 1.06. The molecule has 0 aromatic carbocycles. The Morgan fingerprint density at radius 2 is 2.24 bits per heavy atom. The molecular formula is C13H22N2OS. The Kier molecular flexibility index (Phi) is 8.05. The molecule has 1 rings (SSSR count). The minimum Gasteiger partial charge on any atom is -0.379 e. The molecular weight excluding hydrogens is 232 g/mol. The molecule has 1 aromatic heterocycles. The van der Waals surface area contributed by atoms with Crippen molar-refractivity contribution < 1.29 is 4.74 Å². The van der Waals surface area contributed by atoms with Gasteiger partial charge in [0, 0.05) is 25.1 Å². The van der Waals surface area contributed by atoms with Gasteiger partial charge in [0.25, 0.3) is 0 Å². The Balaban J connectivity index is 1.88. The van der Waals surface area contributed by atoms with Crippen molar-refractivity contribution >= 4 is 11.8 Å². The maximum Gasteiger partial charge on any atom is 0.0960 e. The van der Waals surface area contributed by atoms with Crippen LogP contribution in [0.25, 0.3) is 0 Å². The van der Waals surface area contributed by atoms with E-state index >= 15 is 0 Å². The Bertz CT molecular complexity index is 280. The summed E-state index contributed by atoms with van der Waals surface area (Å²) in [6, 6.07) is 6.00. The van der Waals surface area contributed by atoms with Crippen LogP contribution in [0.15, 0.2) is 29.4 Å². The number of thioether (sulfide) groups is 1. The Labute approximate surface area is 108 Å². The summed E-state index contributed by atoms with van der Waals surface area (Å²) >= 11 is 1.78. The Hall–Kier alpha value is -0.580. The molecule has 0 atom stereocenters. The van der Waals surface area contributed by atoms with Crippen LogP contribution in [0.3, 0.4) is 0 Å². The van der Waals surface area contributed by atoms with Crippen LogP contribution in [-0.2, 0) is 4.74 Å². The van der Waals surface area contributed by atoms with Crippen molar-refractivity contribution in [3.63, 3.8) is 0 Å². The molecule has 1 heterocycles. The number of nitrogens with one attached hydrogen (secondary N) is 1. The van der Waals surface area contributed by atoms with Crippen LogP contribution in [0, 0.1) is 0 Å². The Morgan fingerprint density at radius 1 is 1.35 bits per heavy atom. The minimum absolute atomic E-state index is 0.342. The number of rotatable bonds is 9. The monoisotopic (exact) mass is 254 g/mol. The lowest BCUT2D eigenvalue weighted by molar-refractivity contribution is 0.0772. The van der Waals surface area contributed by atoms with Gasteiger partial charge in [0.1, 0.15) is 0 Å². The Morgan fingerprint density at radius 3 is 2.94 bits per heavy atom. The molecule has 0 spiro atoms. The average Bonchev–Trinajstić information content (AvgIpc) is 2.33. The molecule has 0 aliphatic rings. The lowest BCUT2D eigenvalue weighted by Gasteiger charge is -2.07. The summed E-state index contributed by atoms with van der Waals surface area (Å²) in [7, 11) is 0. The third-order valence-electron chi connectivity index (χ3n) is 2.12. The second-order valence-electron chi connectivity index (χ2n) is 4.04. The molecule has 96 valence electrons. The molecule has 0 amide bonds. The van der Waals surface area contributed by atoms with Crippen molar-refractivity contribution in [2.45, 2.75) is 31.4 Å². The number of pyridine rings is 1. The fourth-order valence-corrected chi connectivity index (χ4v) is 2.07.